The van der Waals surface area contributed by atoms with E-state index in [2.05, 4.69) is 10.5 Å². The van der Waals surface area contributed by atoms with Crippen LogP contribution < -0.4 is 10.7 Å². The van der Waals surface area contributed by atoms with Crippen LogP contribution in [0.2, 0.25) is 0 Å². The number of amides is 2. The SMILES string of the molecule is CC(=NNC(=O)c1ccc([N+](=O)[O-])c(C)c1)c1ccc(NC(=O)C(F)(F)F)cc1. The summed E-state index contributed by atoms with van der Waals surface area (Å²) in [6.45, 7) is 3.06. The largest absolute Gasteiger partial charge is 0.471 e. The molecular formula is C18H15F3N4O4. The highest BCUT2D eigenvalue weighted by molar-refractivity contribution is 6.01. The maximum absolute atomic E-state index is 12.2. The van der Waals surface area contributed by atoms with E-state index in [9.17, 15) is 32.9 Å². The van der Waals surface area contributed by atoms with Crippen molar-refractivity contribution in [2.75, 3.05) is 5.32 Å². The maximum Gasteiger partial charge on any atom is 0.471 e. The molecule has 8 nitrogen and oxygen atoms in total. The predicted octanol–water partition coefficient (Wildman–Crippen LogP) is 3.56. The van der Waals surface area contributed by atoms with Crippen LogP contribution in [0.1, 0.15) is 28.4 Å². The summed E-state index contributed by atoms with van der Waals surface area (Å²) in [5, 5.41) is 16.4. The Hall–Kier alpha value is -3.76. The second-order valence-corrected chi connectivity index (χ2v) is 5.93. The average Bonchev–Trinajstić information content (AvgIpc) is 2.65. The van der Waals surface area contributed by atoms with Gasteiger partial charge in [0, 0.05) is 22.9 Å². The van der Waals surface area contributed by atoms with Crippen molar-refractivity contribution in [2.45, 2.75) is 20.0 Å². The van der Waals surface area contributed by atoms with Crippen LogP contribution in [-0.2, 0) is 4.79 Å². The summed E-state index contributed by atoms with van der Waals surface area (Å²) in [4.78, 5) is 33.3. The second kappa shape index (κ2) is 8.50. The number of anilines is 1. The van der Waals surface area contributed by atoms with E-state index in [0.717, 1.165) is 0 Å². The van der Waals surface area contributed by atoms with E-state index < -0.39 is 22.9 Å². The molecule has 0 aliphatic carbocycles. The Morgan fingerprint density at radius 2 is 1.66 bits per heavy atom. The lowest BCUT2D eigenvalue weighted by molar-refractivity contribution is -0.385. The number of alkyl halides is 3. The van der Waals surface area contributed by atoms with Gasteiger partial charge < -0.3 is 5.32 Å². The fourth-order valence-corrected chi connectivity index (χ4v) is 2.26. The molecule has 0 bridgehead atoms. The van der Waals surface area contributed by atoms with Crippen LogP contribution in [0.5, 0.6) is 0 Å². The van der Waals surface area contributed by atoms with Crippen LogP contribution in [0.4, 0.5) is 24.5 Å². The average molecular weight is 408 g/mol. The molecule has 2 amide bonds. The van der Waals surface area contributed by atoms with E-state index >= 15 is 0 Å². The first-order chi connectivity index (χ1) is 13.5. The number of rotatable bonds is 5. The van der Waals surface area contributed by atoms with Crippen molar-refractivity contribution < 1.29 is 27.7 Å². The van der Waals surface area contributed by atoms with Gasteiger partial charge in [0.15, 0.2) is 0 Å². The molecule has 0 atom stereocenters. The summed E-state index contributed by atoms with van der Waals surface area (Å²) in [6, 6.07) is 9.24. The van der Waals surface area contributed by atoms with Crippen molar-refractivity contribution in [3.63, 3.8) is 0 Å². The molecule has 0 saturated carbocycles. The zero-order valence-corrected chi connectivity index (χ0v) is 15.2. The molecule has 0 aromatic heterocycles. The van der Waals surface area contributed by atoms with E-state index in [-0.39, 0.29) is 16.9 Å². The number of aryl methyl sites for hydroxylation is 1. The number of hydrogen-bond acceptors (Lipinski definition) is 5. The number of nitrogens with one attached hydrogen (secondary N) is 2. The number of carbonyl (C=O) groups is 2. The Balaban J connectivity index is 2.06. The third-order valence-electron chi connectivity index (χ3n) is 3.80. The minimum Gasteiger partial charge on any atom is -0.318 e. The van der Waals surface area contributed by atoms with Crippen molar-refractivity contribution >= 4 is 28.9 Å². The standard InChI is InChI=1S/C18H15F3N4O4/c1-10-9-13(5-8-15(10)25(28)29)16(26)24-23-11(2)12-3-6-14(7-4-12)22-17(27)18(19,20)21/h3-9H,1-2H3,(H,22,27)(H,24,26). The summed E-state index contributed by atoms with van der Waals surface area (Å²) in [5.74, 6) is -2.67. The smallest absolute Gasteiger partial charge is 0.318 e. The van der Waals surface area contributed by atoms with Crippen molar-refractivity contribution in [1.29, 1.82) is 0 Å². The molecule has 0 aliphatic rings. The molecule has 0 fully saturated rings. The summed E-state index contributed by atoms with van der Waals surface area (Å²) >= 11 is 0. The minimum absolute atomic E-state index is 0.0470. The number of nitro benzene ring substituents is 1. The van der Waals surface area contributed by atoms with E-state index in [1.165, 1.54) is 49.4 Å². The molecule has 0 saturated heterocycles. The van der Waals surface area contributed by atoms with Crippen LogP contribution in [0, 0.1) is 17.0 Å². The van der Waals surface area contributed by atoms with Crippen molar-refractivity contribution in [3.05, 3.63) is 69.3 Å². The van der Waals surface area contributed by atoms with Gasteiger partial charge in [0.2, 0.25) is 0 Å². The van der Waals surface area contributed by atoms with Crippen molar-refractivity contribution in [1.82, 2.24) is 5.43 Å². The van der Waals surface area contributed by atoms with Crippen LogP contribution in [0.3, 0.4) is 0 Å². The van der Waals surface area contributed by atoms with Gasteiger partial charge in [-0.2, -0.15) is 18.3 Å². The number of halogens is 3. The first kappa shape index (κ1) is 21.5. The van der Waals surface area contributed by atoms with Gasteiger partial charge in [0.25, 0.3) is 11.6 Å². The summed E-state index contributed by atoms with van der Waals surface area (Å²) < 4.78 is 36.7. The molecule has 0 aliphatic heterocycles. The summed E-state index contributed by atoms with van der Waals surface area (Å²) in [6.07, 6.45) is -4.99. The molecule has 0 spiro atoms. The van der Waals surface area contributed by atoms with E-state index in [1.54, 1.807) is 12.2 Å². The van der Waals surface area contributed by atoms with Gasteiger partial charge in [-0.1, -0.05) is 12.1 Å². The van der Waals surface area contributed by atoms with Gasteiger partial charge >= 0.3 is 12.1 Å². The monoisotopic (exact) mass is 408 g/mol. The fourth-order valence-electron chi connectivity index (χ4n) is 2.26. The molecule has 2 rings (SSSR count). The van der Waals surface area contributed by atoms with Crippen LogP contribution >= 0.6 is 0 Å². The highest BCUT2D eigenvalue weighted by Gasteiger charge is 2.38. The molecule has 0 radical (unpaired) electrons. The molecule has 2 aromatic rings. The molecule has 29 heavy (non-hydrogen) atoms. The molecule has 152 valence electrons. The van der Waals surface area contributed by atoms with Crippen LogP contribution in [-0.4, -0.2) is 28.6 Å². The van der Waals surface area contributed by atoms with Gasteiger partial charge in [-0.05, 0) is 43.7 Å². The normalized spacial score (nSPS) is 11.7. The minimum atomic E-state index is -4.99. The second-order valence-electron chi connectivity index (χ2n) is 5.93. The Kier molecular flexibility index (Phi) is 6.32. The van der Waals surface area contributed by atoms with E-state index in [0.29, 0.717) is 16.8 Å². The molecule has 2 N–H and O–H groups in total. The third kappa shape index (κ3) is 5.61. The van der Waals surface area contributed by atoms with Gasteiger partial charge in [0.05, 0.1) is 10.6 Å². The maximum atomic E-state index is 12.2. The number of nitrogens with zero attached hydrogens (tertiary/aromatic N) is 2. The highest BCUT2D eigenvalue weighted by atomic mass is 19.4. The number of hydrogen-bond donors (Lipinski definition) is 2. The zero-order chi connectivity index (χ0) is 21.8. The zero-order valence-electron chi connectivity index (χ0n) is 15.2. The number of benzene rings is 2. The predicted molar refractivity (Wildman–Crippen MR) is 98.6 cm³/mol. The van der Waals surface area contributed by atoms with Crippen molar-refractivity contribution in [2.24, 2.45) is 5.10 Å². The first-order valence-corrected chi connectivity index (χ1v) is 8.07. The number of carbonyl (C=O) groups excluding carboxylic acids is 2. The van der Waals surface area contributed by atoms with Crippen molar-refractivity contribution in [3.8, 4) is 0 Å². The van der Waals surface area contributed by atoms with Crippen LogP contribution in [0.25, 0.3) is 0 Å². The highest BCUT2D eigenvalue weighted by Crippen LogP contribution is 2.20. The molecule has 2 aromatic carbocycles. The summed E-state index contributed by atoms with van der Waals surface area (Å²) in [5.41, 5.74) is 3.48. The topological polar surface area (TPSA) is 114 Å². The molecular weight excluding hydrogens is 393 g/mol. The number of nitro groups is 1. The Morgan fingerprint density at radius 3 is 2.17 bits per heavy atom. The number of hydrazone groups is 1. The Morgan fingerprint density at radius 1 is 1.07 bits per heavy atom. The van der Waals surface area contributed by atoms with Gasteiger partial charge in [-0.25, -0.2) is 5.43 Å². The lowest BCUT2D eigenvalue weighted by Crippen LogP contribution is -2.29. The first-order valence-electron chi connectivity index (χ1n) is 8.07. The lowest BCUT2D eigenvalue weighted by atomic mass is 10.1. The van der Waals surface area contributed by atoms with Crippen LogP contribution in [0.15, 0.2) is 47.6 Å². The third-order valence-corrected chi connectivity index (χ3v) is 3.80. The molecule has 11 heteroatoms. The molecule has 0 unspecified atom stereocenters. The Labute approximate surface area is 162 Å². The van der Waals surface area contributed by atoms with Gasteiger partial charge in [-0.15, -0.1) is 0 Å². The van der Waals surface area contributed by atoms with Gasteiger partial charge in [0.1, 0.15) is 0 Å². The Bertz CT molecular complexity index is 986. The van der Waals surface area contributed by atoms with E-state index in [1.807, 2.05) is 0 Å². The quantitative estimate of drug-likeness (QED) is 0.447. The van der Waals surface area contributed by atoms with Gasteiger partial charge in [-0.3, -0.25) is 19.7 Å². The summed E-state index contributed by atoms with van der Waals surface area (Å²) in [7, 11) is 0. The molecule has 0 heterocycles. The fraction of sp³-hybridized carbons (Fsp3) is 0.167. The lowest BCUT2D eigenvalue weighted by Gasteiger charge is -2.09. The van der Waals surface area contributed by atoms with E-state index in [4.69, 9.17) is 0 Å².